The molecule has 0 bridgehead atoms. The van der Waals surface area contributed by atoms with Crippen LogP contribution in [0.1, 0.15) is 44.1 Å². The first-order valence-electron chi connectivity index (χ1n) is 5.74. The minimum atomic E-state index is 0.315. The Kier molecular flexibility index (Phi) is 3.12. The predicted molar refractivity (Wildman–Crippen MR) is 60.3 cm³/mol. The van der Waals surface area contributed by atoms with Crippen LogP contribution in [-0.4, -0.2) is 5.54 Å². The van der Waals surface area contributed by atoms with Crippen molar-refractivity contribution in [3.63, 3.8) is 0 Å². The summed E-state index contributed by atoms with van der Waals surface area (Å²) in [6.07, 6.45) is 5.24. The third kappa shape index (κ3) is 2.61. The van der Waals surface area contributed by atoms with Crippen LogP contribution in [0.15, 0.2) is 16.5 Å². The highest BCUT2D eigenvalue weighted by molar-refractivity contribution is 5.07. The average molecular weight is 208 g/mol. The van der Waals surface area contributed by atoms with Gasteiger partial charge in [-0.1, -0.05) is 12.8 Å². The SMILES string of the molecule is CC1(NCc2ccc(CN)o2)CCCC1. The molecule has 15 heavy (non-hydrogen) atoms. The molecule has 0 radical (unpaired) electrons. The molecule has 0 aliphatic heterocycles. The Morgan fingerprint density at radius 3 is 2.60 bits per heavy atom. The van der Waals surface area contributed by atoms with Crippen LogP contribution < -0.4 is 11.1 Å². The molecule has 0 spiro atoms. The number of hydrogen-bond donors (Lipinski definition) is 2. The van der Waals surface area contributed by atoms with Gasteiger partial charge < -0.3 is 15.5 Å². The maximum Gasteiger partial charge on any atom is 0.118 e. The summed E-state index contributed by atoms with van der Waals surface area (Å²) in [6.45, 7) is 3.60. The number of nitrogens with two attached hydrogens (primary N) is 1. The van der Waals surface area contributed by atoms with Gasteiger partial charge in [0.15, 0.2) is 0 Å². The number of nitrogens with one attached hydrogen (secondary N) is 1. The monoisotopic (exact) mass is 208 g/mol. The smallest absolute Gasteiger partial charge is 0.118 e. The van der Waals surface area contributed by atoms with Gasteiger partial charge in [-0.2, -0.15) is 0 Å². The fourth-order valence-electron chi connectivity index (χ4n) is 2.26. The van der Waals surface area contributed by atoms with E-state index in [0.717, 1.165) is 18.1 Å². The van der Waals surface area contributed by atoms with Crippen molar-refractivity contribution in [2.24, 2.45) is 5.73 Å². The topological polar surface area (TPSA) is 51.2 Å². The first kappa shape index (κ1) is 10.7. The molecule has 1 aromatic rings. The molecule has 1 aliphatic carbocycles. The summed E-state index contributed by atoms with van der Waals surface area (Å²) < 4.78 is 5.55. The standard InChI is InChI=1S/C12H20N2O/c1-12(6-2-3-7-12)14-9-11-5-4-10(8-13)15-11/h4-5,14H,2-3,6-9,13H2,1H3. The van der Waals surface area contributed by atoms with E-state index in [1.54, 1.807) is 0 Å². The first-order chi connectivity index (χ1) is 7.22. The molecule has 1 aliphatic rings. The molecule has 0 atom stereocenters. The van der Waals surface area contributed by atoms with Crippen molar-refractivity contribution < 1.29 is 4.42 Å². The van der Waals surface area contributed by atoms with Gasteiger partial charge in [0.1, 0.15) is 11.5 Å². The van der Waals surface area contributed by atoms with Crippen molar-refractivity contribution in [1.82, 2.24) is 5.32 Å². The molecule has 3 nitrogen and oxygen atoms in total. The van der Waals surface area contributed by atoms with Crippen LogP contribution in [0, 0.1) is 0 Å². The molecule has 0 saturated heterocycles. The minimum Gasteiger partial charge on any atom is -0.463 e. The molecule has 3 heteroatoms. The van der Waals surface area contributed by atoms with Gasteiger partial charge in [-0.25, -0.2) is 0 Å². The van der Waals surface area contributed by atoms with Gasteiger partial charge in [-0.15, -0.1) is 0 Å². The van der Waals surface area contributed by atoms with Crippen molar-refractivity contribution in [3.8, 4) is 0 Å². The predicted octanol–water partition coefficient (Wildman–Crippen LogP) is 2.16. The van der Waals surface area contributed by atoms with Crippen LogP contribution in [-0.2, 0) is 13.1 Å². The Morgan fingerprint density at radius 2 is 2.00 bits per heavy atom. The minimum absolute atomic E-state index is 0.315. The van der Waals surface area contributed by atoms with E-state index in [1.807, 2.05) is 12.1 Å². The van der Waals surface area contributed by atoms with E-state index in [-0.39, 0.29) is 0 Å². The van der Waals surface area contributed by atoms with Crippen molar-refractivity contribution >= 4 is 0 Å². The van der Waals surface area contributed by atoms with Gasteiger partial charge in [0.25, 0.3) is 0 Å². The van der Waals surface area contributed by atoms with Gasteiger partial charge >= 0.3 is 0 Å². The van der Waals surface area contributed by atoms with E-state index in [9.17, 15) is 0 Å². The van der Waals surface area contributed by atoms with Crippen molar-refractivity contribution in [2.45, 2.75) is 51.2 Å². The highest BCUT2D eigenvalue weighted by Gasteiger charge is 2.27. The molecule has 84 valence electrons. The Bertz CT molecular complexity index is 313. The third-order valence-corrected chi connectivity index (χ3v) is 3.31. The van der Waals surface area contributed by atoms with Crippen molar-refractivity contribution in [1.29, 1.82) is 0 Å². The van der Waals surface area contributed by atoms with E-state index < -0.39 is 0 Å². The lowest BCUT2D eigenvalue weighted by molar-refractivity contribution is 0.338. The second-order valence-electron chi connectivity index (χ2n) is 4.69. The molecular formula is C12H20N2O. The highest BCUT2D eigenvalue weighted by atomic mass is 16.3. The summed E-state index contributed by atoms with van der Waals surface area (Å²) in [5, 5.41) is 3.58. The summed E-state index contributed by atoms with van der Waals surface area (Å²) in [5.74, 6) is 1.85. The van der Waals surface area contributed by atoms with Crippen LogP contribution in [0.5, 0.6) is 0 Å². The van der Waals surface area contributed by atoms with Gasteiger partial charge in [0.05, 0.1) is 13.1 Å². The van der Waals surface area contributed by atoms with E-state index in [1.165, 1.54) is 25.7 Å². The van der Waals surface area contributed by atoms with Gasteiger partial charge in [-0.3, -0.25) is 0 Å². The maximum absolute atomic E-state index is 5.55. The molecule has 1 aromatic heterocycles. The molecule has 0 aromatic carbocycles. The quantitative estimate of drug-likeness (QED) is 0.797. The van der Waals surface area contributed by atoms with E-state index in [0.29, 0.717) is 12.1 Å². The summed E-state index contributed by atoms with van der Waals surface area (Å²) in [4.78, 5) is 0. The fraction of sp³-hybridized carbons (Fsp3) is 0.667. The highest BCUT2D eigenvalue weighted by Crippen LogP contribution is 2.29. The first-order valence-corrected chi connectivity index (χ1v) is 5.74. The Labute approximate surface area is 91.0 Å². The number of hydrogen-bond acceptors (Lipinski definition) is 3. The normalized spacial score (nSPS) is 19.6. The molecule has 0 unspecified atom stereocenters. The largest absolute Gasteiger partial charge is 0.463 e. The average Bonchev–Trinajstić information content (AvgIpc) is 2.84. The molecule has 1 saturated carbocycles. The zero-order valence-electron chi connectivity index (χ0n) is 9.38. The molecular weight excluding hydrogens is 188 g/mol. The van der Waals surface area contributed by atoms with Crippen LogP contribution in [0.2, 0.25) is 0 Å². The summed E-state index contributed by atoms with van der Waals surface area (Å²) in [5.41, 5.74) is 5.81. The lowest BCUT2D eigenvalue weighted by Gasteiger charge is -2.24. The Hall–Kier alpha value is -0.800. The van der Waals surface area contributed by atoms with Gasteiger partial charge in [0, 0.05) is 5.54 Å². The number of rotatable bonds is 4. The summed E-state index contributed by atoms with van der Waals surface area (Å²) in [6, 6.07) is 3.96. The zero-order valence-corrected chi connectivity index (χ0v) is 9.38. The molecule has 1 fully saturated rings. The third-order valence-electron chi connectivity index (χ3n) is 3.31. The van der Waals surface area contributed by atoms with Crippen LogP contribution in [0.25, 0.3) is 0 Å². The Morgan fingerprint density at radius 1 is 1.33 bits per heavy atom. The van der Waals surface area contributed by atoms with Gasteiger partial charge in [0.2, 0.25) is 0 Å². The second kappa shape index (κ2) is 4.37. The number of furan rings is 1. The van der Waals surface area contributed by atoms with Crippen molar-refractivity contribution in [2.75, 3.05) is 0 Å². The summed E-state index contributed by atoms with van der Waals surface area (Å²) in [7, 11) is 0. The Balaban J connectivity index is 1.87. The van der Waals surface area contributed by atoms with Crippen LogP contribution >= 0.6 is 0 Å². The van der Waals surface area contributed by atoms with Crippen LogP contribution in [0.4, 0.5) is 0 Å². The zero-order chi connectivity index (χ0) is 10.7. The van der Waals surface area contributed by atoms with E-state index in [4.69, 9.17) is 10.2 Å². The molecule has 2 rings (SSSR count). The van der Waals surface area contributed by atoms with E-state index in [2.05, 4.69) is 12.2 Å². The maximum atomic E-state index is 5.55. The van der Waals surface area contributed by atoms with E-state index >= 15 is 0 Å². The van der Waals surface area contributed by atoms with Crippen LogP contribution in [0.3, 0.4) is 0 Å². The summed E-state index contributed by atoms with van der Waals surface area (Å²) >= 11 is 0. The lowest BCUT2D eigenvalue weighted by atomic mass is 10.0. The second-order valence-corrected chi connectivity index (χ2v) is 4.69. The van der Waals surface area contributed by atoms with Crippen molar-refractivity contribution in [3.05, 3.63) is 23.7 Å². The molecule has 3 N–H and O–H groups in total. The fourth-order valence-corrected chi connectivity index (χ4v) is 2.26. The molecule has 0 amide bonds. The van der Waals surface area contributed by atoms with Gasteiger partial charge in [-0.05, 0) is 31.9 Å². The molecule has 1 heterocycles. The lowest BCUT2D eigenvalue weighted by Crippen LogP contribution is -2.38.